The lowest BCUT2D eigenvalue weighted by molar-refractivity contribution is -0.348. The molecule has 0 radical (unpaired) electrons. The summed E-state index contributed by atoms with van der Waals surface area (Å²) < 4.78 is 149. The van der Waals surface area contributed by atoms with E-state index in [2.05, 4.69) is 5.32 Å². The van der Waals surface area contributed by atoms with Gasteiger partial charge in [-0.3, -0.25) is 9.59 Å². The third kappa shape index (κ3) is 6.61. The first-order chi connectivity index (χ1) is 19.1. The predicted molar refractivity (Wildman–Crippen MR) is 138 cm³/mol. The zero-order valence-corrected chi connectivity index (χ0v) is 23.6. The van der Waals surface area contributed by atoms with Crippen molar-refractivity contribution in [1.29, 1.82) is 0 Å². The van der Waals surface area contributed by atoms with Crippen molar-refractivity contribution < 1.29 is 57.9 Å². The molecule has 226 valence electrons. The predicted octanol–water partition coefficient (Wildman–Crippen LogP) is 9.72. The monoisotopic (exact) mass is 763 g/mol. The number of rotatable bonds is 6. The quantitative estimate of drug-likeness (QED) is 0.155. The van der Waals surface area contributed by atoms with Crippen molar-refractivity contribution >= 4 is 63.2 Å². The average molecular weight is 764 g/mol. The smallest absolute Gasteiger partial charge is 0.319 e. The van der Waals surface area contributed by atoms with Gasteiger partial charge in [0.25, 0.3) is 5.91 Å². The molecule has 0 aromatic heterocycles. The Labute approximate surface area is 252 Å². The molecule has 0 atom stereocenters. The Morgan fingerprint density at radius 3 is 1.93 bits per heavy atom. The Kier molecular flexibility index (Phi) is 9.50. The van der Waals surface area contributed by atoms with Crippen LogP contribution in [-0.2, 0) is 18.3 Å². The summed E-state index contributed by atoms with van der Waals surface area (Å²) in [5.41, 5.74) is -13.5. The second-order valence-corrected chi connectivity index (χ2v) is 10.5. The molecule has 1 N–H and O–H groups in total. The van der Waals surface area contributed by atoms with E-state index in [9.17, 15) is 53.5 Å². The van der Waals surface area contributed by atoms with Gasteiger partial charge in [0.1, 0.15) is 0 Å². The third-order valence-corrected chi connectivity index (χ3v) is 7.25. The van der Waals surface area contributed by atoms with Crippen LogP contribution in [0.4, 0.5) is 54.0 Å². The Morgan fingerprint density at radius 1 is 0.810 bits per heavy atom. The van der Waals surface area contributed by atoms with E-state index in [4.69, 9.17) is 23.2 Å². The Balaban J connectivity index is 2.04. The van der Waals surface area contributed by atoms with Gasteiger partial charge in [-0.05, 0) is 70.6 Å². The minimum Gasteiger partial charge on any atom is -0.319 e. The van der Waals surface area contributed by atoms with E-state index in [0.29, 0.717) is 0 Å². The lowest BCUT2D eigenvalue weighted by Gasteiger charge is -2.31. The summed E-state index contributed by atoms with van der Waals surface area (Å²) in [6.45, 7) is 0. The molecular formula is C25H11Cl2F11INO2. The normalized spacial score (nSPS) is 12.8. The fourth-order valence-corrected chi connectivity index (χ4v) is 5.03. The first kappa shape index (κ1) is 33.8. The van der Waals surface area contributed by atoms with Crippen LogP contribution in [0, 0.1) is 9.39 Å². The van der Waals surface area contributed by atoms with E-state index < -0.39 is 85.7 Å². The van der Waals surface area contributed by atoms with Gasteiger partial charge in [0.05, 0.1) is 27.4 Å². The van der Waals surface area contributed by atoms with Gasteiger partial charge >= 0.3 is 24.2 Å². The van der Waals surface area contributed by atoms with Gasteiger partial charge < -0.3 is 5.32 Å². The molecule has 0 saturated heterocycles. The summed E-state index contributed by atoms with van der Waals surface area (Å²) in [6, 6.07) is 5.73. The van der Waals surface area contributed by atoms with E-state index >= 15 is 4.39 Å². The maximum absolute atomic E-state index is 15.2. The molecule has 0 heterocycles. The second kappa shape index (κ2) is 11.8. The first-order valence-corrected chi connectivity index (χ1v) is 12.7. The maximum Gasteiger partial charge on any atom is 0.435 e. The molecule has 0 unspecified atom stereocenters. The van der Waals surface area contributed by atoms with Crippen molar-refractivity contribution in [2.75, 3.05) is 5.32 Å². The lowest BCUT2D eigenvalue weighted by Crippen LogP contribution is -2.50. The van der Waals surface area contributed by atoms with Crippen molar-refractivity contribution in [2.45, 2.75) is 30.6 Å². The largest absolute Gasteiger partial charge is 0.435 e. The van der Waals surface area contributed by atoms with E-state index in [1.807, 2.05) is 0 Å². The van der Waals surface area contributed by atoms with Crippen molar-refractivity contribution in [2.24, 2.45) is 0 Å². The SMILES string of the molecule is O=C(Nc1cccc(C(=O)Cc2c(I)cc(C(F)(C(F)(F)F)C(F)(F)F)cc2C(F)(F)F)c1F)c1ccc(Cl)cc1Cl. The van der Waals surface area contributed by atoms with E-state index in [-0.39, 0.29) is 21.7 Å². The van der Waals surface area contributed by atoms with Crippen LogP contribution in [0.15, 0.2) is 48.5 Å². The van der Waals surface area contributed by atoms with Crippen molar-refractivity contribution in [3.63, 3.8) is 0 Å². The highest BCUT2D eigenvalue weighted by Gasteiger charge is 2.73. The molecule has 3 rings (SSSR count). The Hall–Kier alpha value is -2.66. The highest BCUT2D eigenvalue weighted by molar-refractivity contribution is 14.1. The molecule has 0 aliphatic carbocycles. The highest BCUT2D eigenvalue weighted by Crippen LogP contribution is 2.54. The van der Waals surface area contributed by atoms with Crippen LogP contribution in [0.2, 0.25) is 10.0 Å². The first-order valence-electron chi connectivity index (χ1n) is 10.9. The standard InChI is InChI=1S/C25H11Cl2F11INO2/c26-11-4-5-12(16(27)8-11)21(42)40-18-3-1-2-13(20(18)28)19(41)9-14-15(23(30,31)32)6-10(7-17(14)39)22(29,24(33,34)35)25(36,37)38/h1-8H,9H2,(H,40,42). The maximum atomic E-state index is 15.2. The number of Topliss-reactive ketones (excluding diaryl/α,β-unsaturated/α-hetero) is 1. The number of benzene rings is 3. The molecular weight excluding hydrogens is 753 g/mol. The average Bonchev–Trinajstić information content (AvgIpc) is 2.83. The number of hydrogen-bond donors (Lipinski definition) is 1. The van der Waals surface area contributed by atoms with Gasteiger partial charge in [-0.25, -0.2) is 8.78 Å². The van der Waals surface area contributed by atoms with Crippen molar-refractivity contribution in [3.8, 4) is 0 Å². The molecule has 0 saturated carbocycles. The van der Waals surface area contributed by atoms with Crippen molar-refractivity contribution in [3.05, 3.63) is 95.8 Å². The van der Waals surface area contributed by atoms with Gasteiger partial charge in [-0.1, -0.05) is 29.3 Å². The number of amides is 1. The topological polar surface area (TPSA) is 46.2 Å². The van der Waals surface area contributed by atoms with Crippen LogP contribution in [0.1, 0.15) is 37.4 Å². The number of nitrogens with one attached hydrogen (secondary N) is 1. The molecule has 17 heteroatoms. The number of ketones is 1. The summed E-state index contributed by atoms with van der Waals surface area (Å²) in [4.78, 5) is 25.4. The van der Waals surface area contributed by atoms with E-state index in [1.54, 1.807) is 0 Å². The minimum absolute atomic E-state index is 0.123. The number of alkyl halides is 10. The molecule has 0 fully saturated rings. The van der Waals surface area contributed by atoms with Gasteiger partial charge in [0, 0.05) is 20.6 Å². The summed E-state index contributed by atoms with van der Waals surface area (Å²) in [6.07, 6.45) is -20.4. The van der Waals surface area contributed by atoms with E-state index in [1.165, 1.54) is 18.2 Å². The fourth-order valence-electron chi connectivity index (χ4n) is 3.72. The van der Waals surface area contributed by atoms with Crippen LogP contribution in [0.3, 0.4) is 0 Å². The molecule has 3 nitrogen and oxygen atoms in total. The van der Waals surface area contributed by atoms with Crippen LogP contribution >= 0.6 is 45.8 Å². The summed E-state index contributed by atoms with van der Waals surface area (Å²) in [7, 11) is 0. The van der Waals surface area contributed by atoms with Gasteiger partial charge in [0.2, 0.25) is 0 Å². The van der Waals surface area contributed by atoms with Crippen molar-refractivity contribution in [1.82, 2.24) is 0 Å². The molecule has 42 heavy (non-hydrogen) atoms. The molecule has 0 bridgehead atoms. The summed E-state index contributed by atoms with van der Waals surface area (Å²) in [5.74, 6) is -3.78. The summed E-state index contributed by atoms with van der Waals surface area (Å²) in [5, 5.41) is 2.16. The van der Waals surface area contributed by atoms with Crippen LogP contribution in [0.5, 0.6) is 0 Å². The summed E-state index contributed by atoms with van der Waals surface area (Å²) >= 11 is 12.6. The number of anilines is 1. The number of carbonyl (C=O) groups is 2. The van der Waals surface area contributed by atoms with Gasteiger partial charge in [-0.2, -0.15) is 39.5 Å². The molecule has 0 spiro atoms. The fraction of sp³-hybridized carbons (Fsp3) is 0.200. The molecule has 0 aliphatic heterocycles. The van der Waals surface area contributed by atoms with Crippen LogP contribution in [-0.4, -0.2) is 24.0 Å². The highest BCUT2D eigenvalue weighted by atomic mass is 127. The number of hydrogen-bond acceptors (Lipinski definition) is 2. The second-order valence-electron chi connectivity index (χ2n) is 8.48. The van der Waals surface area contributed by atoms with Gasteiger partial charge in [-0.15, -0.1) is 0 Å². The molecule has 3 aromatic rings. The van der Waals surface area contributed by atoms with Gasteiger partial charge in [0.15, 0.2) is 11.6 Å². The van der Waals surface area contributed by atoms with Crippen LogP contribution < -0.4 is 5.32 Å². The van der Waals surface area contributed by atoms with E-state index in [0.717, 1.165) is 40.8 Å². The molecule has 1 amide bonds. The lowest BCUT2D eigenvalue weighted by atomic mass is 9.89. The Morgan fingerprint density at radius 2 is 1.40 bits per heavy atom. The third-order valence-electron chi connectivity index (χ3n) is 5.74. The zero-order valence-electron chi connectivity index (χ0n) is 19.9. The zero-order chi connectivity index (χ0) is 32.0. The van der Waals surface area contributed by atoms with Crippen LogP contribution in [0.25, 0.3) is 0 Å². The number of halogens is 14. The number of carbonyl (C=O) groups excluding carboxylic acids is 2. The Bertz CT molecular complexity index is 1540. The minimum atomic E-state index is -6.70. The molecule has 0 aliphatic rings. The molecule has 3 aromatic carbocycles.